The third kappa shape index (κ3) is 3.50. The average molecular weight is 294 g/mol. The molecule has 0 aliphatic carbocycles. The predicted molar refractivity (Wildman–Crippen MR) is 80.1 cm³/mol. The van der Waals surface area contributed by atoms with Crippen LogP contribution in [0.3, 0.4) is 0 Å². The van der Waals surface area contributed by atoms with Gasteiger partial charge in [-0.2, -0.15) is 0 Å². The maximum absolute atomic E-state index is 14.1. The van der Waals surface area contributed by atoms with Crippen LogP contribution in [0.1, 0.15) is 43.5 Å². The van der Waals surface area contributed by atoms with Gasteiger partial charge in [0.1, 0.15) is 0 Å². The SMILES string of the molecule is CC(C)C1CCCN(C(=O)c2ccnc(NN)c2F)CC1. The quantitative estimate of drug-likeness (QED) is 0.663. The lowest BCUT2D eigenvalue weighted by Crippen LogP contribution is -2.33. The molecule has 0 saturated carbocycles. The van der Waals surface area contributed by atoms with Crippen molar-refractivity contribution in [1.82, 2.24) is 9.88 Å². The highest BCUT2D eigenvalue weighted by molar-refractivity contribution is 5.95. The van der Waals surface area contributed by atoms with Crippen molar-refractivity contribution in [2.45, 2.75) is 33.1 Å². The van der Waals surface area contributed by atoms with Crippen molar-refractivity contribution in [3.8, 4) is 0 Å². The third-order valence-corrected chi connectivity index (χ3v) is 4.26. The van der Waals surface area contributed by atoms with Crippen molar-refractivity contribution in [3.63, 3.8) is 0 Å². The van der Waals surface area contributed by atoms with Gasteiger partial charge in [0.05, 0.1) is 5.56 Å². The number of pyridine rings is 1. The van der Waals surface area contributed by atoms with Crippen molar-refractivity contribution < 1.29 is 9.18 Å². The summed E-state index contributed by atoms with van der Waals surface area (Å²) in [6.45, 7) is 5.78. The summed E-state index contributed by atoms with van der Waals surface area (Å²) >= 11 is 0. The van der Waals surface area contributed by atoms with E-state index in [1.165, 1.54) is 12.3 Å². The van der Waals surface area contributed by atoms with Gasteiger partial charge in [-0.15, -0.1) is 0 Å². The normalized spacial score (nSPS) is 19.5. The summed E-state index contributed by atoms with van der Waals surface area (Å²) in [5, 5.41) is 0. The Hall–Kier alpha value is -1.69. The van der Waals surface area contributed by atoms with Gasteiger partial charge in [-0.1, -0.05) is 13.8 Å². The van der Waals surface area contributed by atoms with Crippen LogP contribution in [0.5, 0.6) is 0 Å². The second-order valence-electron chi connectivity index (χ2n) is 5.89. The number of nitrogens with two attached hydrogens (primary N) is 1. The molecule has 21 heavy (non-hydrogen) atoms. The number of rotatable bonds is 3. The molecular weight excluding hydrogens is 271 g/mol. The van der Waals surface area contributed by atoms with E-state index in [2.05, 4.69) is 24.3 Å². The van der Waals surface area contributed by atoms with E-state index in [1.807, 2.05) is 0 Å². The molecule has 2 rings (SSSR count). The van der Waals surface area contributed by atoms with Crippen LogP contribution in [0.4, 0.5) is 10.2 Å². The number of nitrogen functional groups attached to an aromatic ring is 1. The minimum atomic E-state index is -0.686. The maximum Gasteiger partial charge on any atom is 0.257 e. The zero-order valence-corrected chi connectivity index (χ0v) is 12.6. The molecule has 1 amide bonds. The van der Waals surface area contributed by atoms with Gasteiger partial charge in [-0.3, -0.25) is 4.79 Å². The summed E-state index contributed by atoms with van der Waals surface area (Å²) in [5.41, 5.74) is 2.20. The van der Waals surface area contributed by atoms with Gasteiger partial charge >= 0.3 is 0 Å². The first-order valence-electron chi connectivity index (χ1n) is 7.45. The number of carbonyl (C=O) groups is 1. The molecule has 1 atom stereocenters. The van der Waals surface area contributed by atoms with Crippen LogP contribution in [0.2, 0.25) is 0 Å². The lowest BCUT2D eigenvalue weighted by atomic mass is 9.89. The molecular formula is C15H23FN4O. The van der Waals surface area contributed by atoms with Crippen LogP contribution < -0.4 is 11.3 Å². The van der Waals surface area contributed by atoms with E-state index >= 15 is 0 Å². The summed E-state index contributed by atoms with van der Waals surface area (Å²) in [4.78, 5) is 18.0. The Morgan fingerprint density at radius 2 is 2.24 bits per heavy atom. The molecule has 1 aromatic rings. The second-order valence-corrected chi connectivity index (χ2v) is 5.89. The Morgan fingerprint density at radius 3 is 2.90 bits per heavy atom. The first kappa shape index (κ1) is 15.7. The Labute approximate surface area is 124 Å². The van der Waals surface area contributed by atoms with Crippen LogP contribution in [-0.2, 0) is 0 Å². The van der Waals surface area contributed by atoms with E-state index < -0.39 is 5.82 Å². The van der Waals surface area contributed by atoms with Crippen LogP contribution >= 0.6 is 0 Å². The number of aromatic nitrogens is 1. The lowest BCUT2D eigenvalue weighted by molar-refractivity contribution is 0.0754. The Bertz CT molecular complexity index is 506. The monoisotopic (exact) mass is 294 g/mol. The van der Waals surface area contributed by atoms with Gasteiger partial charge < -0.3 is 10.3 Å². The standard InChI is InChI=1S/C15H23FN4O/c1-10(2)11-4-3-8-20(9-6-11)15(21)12-5-7-18-14(19-17)13(12)16/h5,7,10-11H,3-4,6,8-9,17H2,1-2H3,(H,18,19). The smallest absolute Gasteiger partial charge is 0.257 e. The molecule has 1 aliphatic rings. The highest BCUT2D eigenvalue weighted by Crippen LogP contribution is 2.26. The van der Waals surface area contributed by atoms with Crippen LogP contribution in [0.25, 0.3) is 0 Å². The van der Waals surface area contributed by atoms with Crippen LogP contribution in [0.15, 0.2) is 12.3 Å². The number of nitrogens with one attached hydrogen (secondary N) is 1. The maximum atomic E-state index is 14.1. The van der Waals surface area contributed by atoms with Crippen molar-refractivity contribution in [2.75, 3.05) is 18.5 Å². The third-order valence-electron chi connectivity index (χ3n) is 4.26. The van der Waals surface area contributed by atoms with Crippen LogP contribution in [-0.4, -0.2) is 28.9 Å². The highest BCUT2D eigenvalue weighted by atomic mass is 19.1. The number of anilines is 1. The Balaban J connectivity index is 2.13. The molecule has 1 aliphatic heterocycles. The molecule has 1 aromatic heterocycles. The number of hydrogen-bond donors (Lipinski definition) is 2. The molecule has 0 bridgehead atoms. The molecule has 1 fully saturated rings. The number of hydrazine groups is 1. The van der Waals surface area contributed by atoms with Gasteiger partial charge in [0.25, 0.3) is 5.91 Å². The first-order valence-corrected chi connectivity index (χ1v) is 7.45. The summed E-state index contributed by atoms with van der Waals surface area (Å²) in [6, 6.07) is 1.41. The molecule has 1 saturated heterocycles. The van der Waals surface area contributed by atoms with Gasteiger partial charge in [0, 0.05) is 19.3 Å². The zero-order valence-electron chi connectivity index (χ0n) is 12.6. The molecule has 0 aromatic carbocycles. The first-order chi connectivity index (χ1) is 10.0. The number of likely N-dealkylation sites (tertiary alicyclic amines) is 1. The van der Waals surface area contributed by atoms with Crippen LogP contribution in [0, 0.1) is 17.7 Å². The molecule has 3 N–H and O–H groups in total. The molecule has 1 unspecified atom stereocenters. The molecule has 2 heterocycles. The number of amides is 1. The van der Waals surface area contributed by atoms with Gasteiger partial charge in [-0.05, 0) is 37.2 Å². The van der Waals surface area contributed by atoms with E-state index in [0.29, 0.717) is 24.9 Å². The largest absolute Gasteiger partial charge is 0.339 e. The van der Waals surface area contributed by atoms with Gasteiger partial charge in [0.2, 0.25) is 0 Å². The number of carbonyl (C=O) groups excluding carboxylic acids is 1. The minimum Gasteiger partial charge on any atom is -0.339 e. The van der Waals surface area contributed by atoms with Gasteiger partial charge in [0.15, 0.2) is 11.6 Å². The van der Waals surface area contributed by atoms with E-state index in [0.717, 1.165) is 19.3 Å². The summed E-state index contributed by atoms with van der Waals surface area (Å²) in [6.07, 6.45) is 4.44. The minimum absolute atomic E-state index is 0.0287. The second kappa shape index (κ2) is 6.85. The van der Waals surface area contributed by atoms with Gasteiger partial charge in [-0.25, -0.2) is 15.2 Å². The molecule has 116 valence electrons. The topological polar surface area (TPSA) is 71.2 Å². The fourth-order valence-electron chi connectivity index (χ4n) is 2.87. The van der Waals surface area contributed by atoms with Crippen molar-refractivity contribution in [3.05, 3.63) is 23.6 Å². The Kier molecular flexibility index (Phi) is 5.12. The Morgan fingerprint density at radius 1 is 1.48 bits per heavy atom. The highest BCUT2D eigenvalue weighted by Gasteiger charge is 2.25. The predicted octanol–water partition coefficient (Wildman–Crippen LogP) is 2.40. The van der Waals surface area contributed by atoms with Crippen molar-refractivity contribution >= 4 is 11.7 Å². The molecule has 6 heteroatoms. The van der Waals surface area contributed by atoms with E-state index in [4.69, 9.17) is 5.84 Å². The molecule has 5 nitrogen and oxygen atoms in total. The van der Waals surface area contributed by atoms with Crippen molar-refractivity contribution in [2.24, 2.45) is 17.7 Å². The average Bonchev–Trinajstić information content (AvgIpc) is 2.73. The molecule has 0 radical (unpaired) electrons. The van der Waals surface area contributed by atoms with E-state index in [-0.39, 0.29) is 17.3 Å². The lowest BCUT2D eigenvalue weighted by Gasteiger charge is -2.22. The fraction of sp³-hybridized carbons (Fsp3) is 0.600. The van der Waals surface area contributed by atoms with Crippen molar-refractivity contribution in [1.29, 1.82) is 0 Å². The molecule has 0 spiro atoms. The summed E-state index contributed by atoms with van der Waals surface area (Å²) in [7, 11) is 0. The van der Waals surface area contributed by atoms with E-state index in [9.17, 15) is 9.18 Å². The summed E-state index contributed by atoms with van der Waals surface area (Å²) in [5.74, 6) is 5.38. The fourth-order valence-corrected chi connectivity index (χ4v) is 2.87. The number of nitrogens with zero attached hydrogens (tertiary/aromatic N) is 2. The summed E-state index contributed by atoms with van der Waals surface area (Å²) < 4.78 is 14.1. The zero-order chi connectivity index (χ0) is 15.4. The number of hydrogen-bond acceptors (Lipinski definition) is 4. The van der Waals surface area contributed by atoms with E-state index in [1.54, 1.807) is 4.90 Å². The number of halogens is 1.